The number of sulfone groups is 1. The van der Waals surface area contributed by atoms with Crippen molar-refractivity contribution in [2.45, 2.75) is 17.4 Å². The van der Waals surface area contributed by atoms with Crippen molar-refractivity contribution in [3.63, 3.8) is 0 Å². The lowest BCUT2D eigenvalue weighted by Gasteiger charge is -2.29. The average molecular weight is 407 g/mol. The third-order valence-electron chi connectivity index (χ3n) is 5.30. The summed E-state index contributed by atoms with van der Waals surface area (Å²) in [5.74, 6) is 0.456. The van der Waals surface area contributed by atoms with Gasteiger partial charge in [0.1, 0.15) is 0 Å². The van der Waals surface area contributed by atoms with Crippen LogP contribution in [-0.2, 0) is 22.5 Å². The number of benzene rings is 3. The molecule has 4 aromatic rings. The Morgan fingerprint density at radius 3 is 2.00 bits per heavy atom. The van der Waals surface area contributed by atoms with Gasteiger partial charge in [0, 0.05) is 7.05 Å². The van der Waals surface area contributed by atoms with E-state index in [1.54, 1.807) is 36.7 Å². The van der Waals surface area contributed by atoms with E-state index >= 15 is 0 Å². The Bertz CT molecular complexity index is 1220. The largest absolute Gasteiger partial charge is 0.373 e. The first kappa shape index (κ1) is 19.4. The van der Waals surface area contributed by atoms with Crippen LogP contribution in [0.4, 0.5) is 0 Å². The van der Waals surface area contributed by atoms with Crippen LogP contribution in [0.25, 0.3) is 11.0 Å². The summed E-state index contributed by atoms with van der Waals surface area (Å²) in [6.45, 7) is 1.62. The minimum atomic E-state index is -3.34. The molecule has 0 atom stereocenters. The molecule has 0 aliphatic rings. The van der Waals surface area contributed by atoms with Crippen molar-refractivity contribution in [2.75, 3.05) is 5.75 Å². The normalized spacial score (nSPS) is 12.4. The van der Waals surface area contributed by atoms with Crippen molar-refractivity contribution in [1.82, 2.24) is 9.55 Å². The van der Waals surface area contributed by atoms with E-state index in [-0.39, 0.29) is 10.6 Å². The minimum absolute atomic E-state index is 0.0290. The zero-order valence-electron chi connectivity index (χ0n) is 16.3. The number of nitrogens with zero attached hydrogens (tertiary/aromatic N) is 2. The number of imidazole rings is 1. The molecule has 0 aliphatic heterocycles. The summed E-state index contributed by atoms with van der Waals surface area (Å²) in [7, 11) is -1.55. The number of aromatic nitrogens is 2. The summed E-state index contributed by atoms with van der Waals surface area (Å²) >= 11 is 0. The monoisotopic (exact) mass is 406 g/mol. The van der Waals surface area contributed by atoms with Crippen molar-refractivity contribution in [2.24, 2.45) is 7.05 Å². The van der Waals surface area contributed by atoms with Crippen molar-refractivity contribution >= 4 is 20.9 Å². The standard InChI is InChI=1S/C23H22N2O3S/c1-3-29(27,28)19-14-15-20-21(16-19)25(2)22(24-20)23(26,17-10-6-4-7-11-17)18-12-8-5-9-13-18/h4-16,26H,3H2,1-2H3. The van der Waals surface area contributed by atoms with Crippen LogP contribution in [-0.4, -0.2) is 28.8 Å². The zero-order chi connectivity index (χ0) is 20.6. The summed E-state index contributed by atoms with van der Waals surface area (Å²) in [4.78, 5) is 4.96. The third kappa shape index (κ3) is 3.14. The summed E-state index contributed by atoms with van der Waals surface area (Å²) in [6, 6.07) is 23.6. The molecule has 5 nitrogen and oxygen atoms in total. The van der Waals surface area contributed by atoms with Crippen LogP contribution in [0.1, 0.15) is 23.9 Å². The molecule has 1 N–H and O–H groups in total. The molecule has 0 radical (unpaired) electrons. The molecule has 29 heavy (non-hydrogen) atoms. The van der Waals surface area contributed by atoms with Crippen LogP contribution in [0.3, 0.4) is 0 Å². The fourth-order valence-electron chi connectivity index (χ4n) is 3.64. The van der Waals surface area contributed by atoms with E-state index in [1.165, 1.54) is 0 Å². The summed E-state index contributed by atoms with van der Waals surface area (Å²) < 4.78 is 26.4. The predicted molar refractivity (Wildman–Crippen MR) is 113 cm³/mol. The van der Waals surface area contributed by atoms with Crippen LogP contribution in [0, 0.1) is 0 Å². The molecular formula is C23H22N2O3S. The molecule has 0 bridgehead atoms. The second-order valence-corrected chi connectivity index (χ2v) is 9.27. The van der Waals surface area contributed by atoms with Crippen LogP contribution in [0.5, 0.6) is 0 Å². The third-order valence-corrected chi connectivity index (χ3v) is 7.03. The molecule has 1 heterocycles. The maximum Gasteiger partial charge on any atom is 0.178 e. The van der Waals surface area contributed by atoms with Gasteiger partial charge in [-0.2, -0.15) is 0 Å². The Morgan fingerprint density at radius 1 is 0.931 bits per heavy atom. The highest BCUT2D eigenvalue weighted by Gasteiger charge is 2.38. The van der Waals surface area contributed by atoms with Gasteiger partial charge in [-0.1, -0.05) is 67.6 Å². The summed E-state index contributed by atoms with van der Waals surface area (Å²) in [5, 5.41) is 12.0. The fraction of sp³-hybridized carbons (Fsp3) is 0.174. The van der Waals surface area contributed by atoms with E-state index in [0.29, 0.717) is 28.0 Å². The number of fused-ring (bicyclic) bond motifs is 1. The highest BCUT2D eigenvalue weighted by molar-refractivity contribution is 7.91. The Balaban J connectivity index is 2.00. The molecule has 1 aromatic heterocycles. The van der Waals surface area contributed by atoms with Gasteiger partial charge < -0.3 is 9.67 Å². The van der Waals surface area contributed by atoms with Crippen molar-refractivity contribution in [3.05, 3.63) is 95.8 Å². The number of hydrogen-bond acceptors (Lipinski definition) is 4. The van der Waals surface area contributed by atoms with Gasteiger partial charge in [-0.05, 0) is 29.3 Å². The molecule has 4 rings (SSSR count). The Labute approximate surface area is 170 Å². The van der Waals surface area contributed by atoms with Crippen LogP contribution in [0.2, 0.25) is 0 Å². The number of aryl methyl sites for hydroxylation is 1. The van der Waals surface area contributed by atoms with Gasteiger partial charge in [0.25, 0.3) is 0 Å². The SMILES string of the molecule is CCS(=O)(=O)c1ccc2nc(C(O)(c3ccccc3)c3ccccc3)n(C)c2c1. The smallest absolute Gasteiger partial charge is 0.178 e. The van der Waals surface area contributed by atoms with Crippen LogP contribution in [0.15, 0.2) is 83.8 Å². The molecule has 0 spiro atoms. The topological polar surface area (TPSA) is 72.2 Å². The molecule has 0 aliphatic carbocycles. The van der Waals surface area contributed by atoms with Gasteiger partial charge in [0.05, 0.1) is 21.7 Å². The molecular weight excluding hydrogens is 384 g/mol. The Kier molecular flexibility index (Phi) is 4.76. The van der Waals surface area contributed by atoms with Gasteiger partial charge in [0.15, 0.2) is 21.3 Å². The minimum Gasteiger partial charge on any atom is -0.373 e. The Morgan fingerprint density at radius 2 is 1.48 bits per heavy atom. The van der Waals surface area contributed by atoms with E-state index in [9.17, 15) is 13.5 Å². The molecule has 0 saturated heterocycles. The van der Waals surface area contributed by atoms with Gasteiger partial charge in [-0.25, -0.2) is 13.4 Å². The lowest BCUT2D eigenvalue weighted by atomic mass is 9.85. The first-order valence-electron chi connectivity index (χ1n) is 9.41. The highest BCUT2D eigenvalue weighted by atomic mass is 32.2. The molecule has 0 amide bonds. The molecule has 0 fully saturated rings. The molecule has 6 heteroatoms. The maximum absolute atomic E-state index is 12.3. The number of hydrogen-bond donors (Lipinski definition) is 1. The van der Waals surface area contributed by atoms with Crippen molar-refractivity contribution in [1.29, 1.82) is 0 Å². The second-order valence-electron chi connectivity index (χ2n) is 6.99. The molecule has 0 unspecified atom stereocenters. The van der Waals surface area contributed by atoms with E-state index in [1.807, 2.05) is 60.7 Å². The van der Waals surface area contributed by atoms with Gasteiger partial charge >= 0.3 is 0 Å². The average Bonchev–Trinajstić information content (AvgIpc) is 3.11. The summed E-state index contributed by atoms with van der Waals surface area (Å²) in [5.41, 5.74) is 1.17. The molecule has 3 aromatic carbocycles. The lowest BCUT2D eigenvalue weighted by Crippen LogP contribution is -2.32. The van der Waals surface area contributed by atoms with Crippen molar-refractivity contribution in [3.8, 4) is 0 Å². The second kappa shape index (κ2) is 7.13. The quantitative estimate of drug-likeness (QED) is 0.549. The van der Waals surface area contributed by atoms with Gasteiger partial charge in [0.2, 0.25) is 0 Å². The summed E-state index contributed by atoms with van der Waals surface area (Å²) in [6.07, 6.45) is 0. The zero-order valence-corrected chi connectivity index (χ0v) is 17.1. The lowest BCUT2D eigenvalue weighted by molar-refractivity contribution is 0.113. The van der Waals surface area contributed by atoms with E-state index in [2.05, 4.69) is 0 Å². The van der Waals surface area contributed by atoms with E-state index in [4.69, 9.17) is 4.98 Å². The maximum atomic E-state index is 12.3. The number of aliphatic hydroxyl groups is 1. The van der Waals surface area contributed by atoms with Crippen LogP contribution < -0.4 is 0 Å². The van der Waals surface area contributed by atoms with E-state index in [0.717, 1.165) is 0 Å². The highest BCUT2D eigenvalue weighted by Crippen LogP contribution is 2.37. The predicted octanol–water partition coefficient (Wildman–Crippen LogP) is 3.65. The van der Waals surface area contributed by atoms with Crippen LogP contribution >= 0.6 is 0 Å². The number of rotatable bonds is 5. The van der Waals surface area contributed by atoms with Gasteiger partial charge in [-0.3, -0.25) is 0 Å². The fourth-order valence-corrected chi connectivity index (χ4v) is 4.54. The molecule has 148 valence electrons. The van der Waals surface area contributed by atoms with Gasteiger partial charge in [-0.15, -0.1) is 0 Å². The van der Waals surface area contributed by atoms with E-state index < -0.39 is 15.4 Å². The van der Waals surface area contributed by atoms with Crippen molar-refractivity contribution < 1.29 is 13.5 Å². The first-order chi connectivity index (χ1) is 13.9. The Hall–Kier alpha value is -2.96. The first-order valence-corrected chi connectivity index (χ1v) is 11.1. The molecule has 0 saturated carbocycles.